The molecule has 1 fully saturated rings. The second-order valence-electron chi connectivity index (χ2n) is 5.17. The van der Waals surface area contributed by atoms with Crippen LogP contribution in [0.5, 0.6) is 0 Å². The third-order valence-electron chi connectivity index (χ3n) is 3.73. The Balaban J connectivity index is 2.10. The molecule has 17 heavy (non-hydrogen) atoms. The van der Waals surface area contributed by atoms with Gasteiger partial charge in [0.05, 0.1) is 6.10 Å². The molecule has 1 aliphatic rings. The highest BCUT2D eigenvalue weighted by molar-refractivity contribution is 6.34. The smallest absolute Gasteiger partial charge is 0.0819 e. The third kappa shape index (κ3) is 3.37. The number of aliphatic hydroxyl groups is 1. The Bertz CT molecular complexity index is 364. The normalized spacial score (nSPS) is 26.8. The maximum atomic E-state index is 10.4. The maximum absolute atomic E-state index is 10.4. The summed E-state index contributed by atoms with van der Waals surface area (Å²) in [6, 6.07) is 5.33. The molecule has 0 bridgehead atoms. The van der Waals surface area contributed by atoms with Crippen LogP contribution in [0.25, 0.3) is 0 Å². The summed E-state index contributed by atoms with van der Waals surface area (Å²) in [5, 5.41) is 11.5. The van der Waals surface area contributed by atoms with E-state index in [4.69, 9.17) is 23.2 Å². The van der Waals surface area contributed by atoms with Crippen LogP contribution in [0, 0.1) is 11.8 Å². The molecule has 1 aromatic rings. The van der Waals surface area contributed by atoms with E-state index in [1.54, 1.807) is 6.07 Å². The van der Waals surface area contributed by atoms with E-state index < -0.39 is 6.10 Å². The molecule has 1 saturated carbocycles. The molecule has 0 radical (unpaired) electrons. The lowest BCUT2D eigenvalue weighted by Gasteiger charge is -2.30. The number of hydrogen-bond acceptors (Lipinski definition) is 1. The summed E-state index contributed by atoms with van der Waals surface area (Å²) < 4.78 is 0. The summed E-state index contributed by atoms with van der Waals surface area (Å²) >= 11 is 11.9. The van der Waals surface area contributed by atoms with Crippen LogP contribution in [0.15, 0.2) is 18.2 Å². The van der Waals surface area contributed by atoms with Crippen molar-refractivity contribution in [1.82, 2.24) is 0 Å². The Morgan fingerprint density at radius 3 is 2.12 bits per heavy atom. The summed E-state index contributed by atoms with van der Waals surface area (Å²) in [7, 11) is 0. The molecule has 0 aromatic heterocycles. The van der Waals surface area contributed by atoms with E-state index in [9.17, 15) is 5.11 Å². The van der Waals surface area contributed by atoms with Crippen molar-refractivity contribution >= 4 is 23.2 Å². The maximum Gasteiger partial charge on any atom is 0.0819 e. The number of rotatable bonds is 2. The summed E-state index contributed by atoms with van der Waals surface area (Å²) in [5.41, 5.74) is 0.849. The van der Waals surface area contributed by atoms with Crippen LogP contribution in [0.3, 0.4) is 0 Å². The number of benzene rings is 1. The van der Waals surface area contributed by atoms with Crippen molar-refractivity contribution < 1.29 is 5.11 Å². The first kappa shape index (κ1) is 13.2. The molecule has 2 rings (SSSR count). The fourth-order valence-corrected chi connectivity index (χ4v) is 3.16. The van der Waals surface area contributed by atoms with Crippen molar-refractivity contribution in [2.45, 2.75) is 38.7 Å². The van der Waals surface area contributed by atoms with Crippen LogP contribution in [-0.2, 0) is 0 Å². The van der Waals surface area contributed by atoms with E-state index in [-0.39, 0.29) is 0 Å². The summed E-state index contributed by atoms with van der Waals surface area (Å²) in [5.74, 6) is 1.14. The average molecular weight is 273 g/mol. The molecule has 1 atom stereocenters. The topological polar surface area (TPSA) is 20.2 Å². The molecule has 94 valence electrons. The van der Waals surface area contributed by atoms with Crippen LogP contribution in [0.4, 0.5) is 0 Å². The fourth-order valence-electron chi connectivity index (χ4n) is 2.62. The SMILES string of the molecule is CC1CCC(C(O)c2cc(Cl)cc(Cl)c2)CC1. The lowest BCUT2D eigenvalue weighted by molar-refractivity contribution is 0.0756. The minimum absolute atomic E-state index is 0.348. The number of aliphatic hydroxyl groups excluding tert-OH is 1. The third-order valence-corrected chi connectivity index (χ3v) is 4.17. The predicted molar refractivity (Wildman–Crippen MR) is 72.5 cm³/mol. The lowest BCUT2D eigenvalue weighted by Crippen LogP contribution is -2.19. The number of halogens is 2. The van der Waals surface area contributed by atoms with Gasteiger partial charge in [-0.25, -0.2) is 0 Å². The first-order chi connectivity index (χ1) is 8.06. The van der Waals surface area contributed by atoms with Gasteiger partial charge in [-0.1, -0.05) is 43.0 Å². The fraction of sp³-hybridized carbons (Fsp3) is 0.571. The van der Waals surface area contributed by atoms with Crippen LogP contribution >= 0.6 is 23.2 Å². The van der Waals surface area contributed by atoms with Gasteiger partial charge in [0.15, 0.2) is 0 Å². The van der Waals surface area contributed by atoms with Crippen molar-refractivity contribution in [3.8, 4) is 0 Å². The van der Waals surface area contributed by atoms with Crippen molar-refractivity contribution in [3.63, 3.8) is 0 Å². The zero-order chi connectivity index (χ0) is 12.4. The monoisotopic (exact) mass is 272 g/mol. The van der Waals surface area contributed by atoms with E-state index >= 15 is 0 Å². The van der Waals surface area contributed by atoms with Gasteiger partial charge in [-0.3, -0.25) is 0 Å². The molecule has 0 spiro atoms. The summed E-state index contributed by atoms with van der Waals surface area (Å²) in [4.78, 5) is 0. The Morgan fingerprint density at radius 1 is 1.06 bits per heavy atom. The molecule has 1 unspecified atom stereocenters. The molecule has 0 aliphatic heterocycles. The number of hydrogen-bond donors (Lipinski definition) is 1. The van der Waals surface area contributed by atoms with E-state index in [0.717, 1.165) is 24.3 Å². The van der Waals surface area contributed by atoms with Gasteiger partial charge in [-0.15, -0.1) is 0 Å². The molecule has 0 heterocycles. The highest BCUT2D eigenvalue weighted by Crippen LogP contribution is 2.37. The van der Waals surface area contributed by atoms with Crippen molar-refractivity contribution in [3.05, 3.63) is 33.8 Å². The highest BCUT2D eigenvalue weighted by atomic mass is 35.5. The van der Waals surface area contributed by atoms with Crippen LogP contribution in [0.1, 0.15) is 44.3 Å². The first-order valence-corrected chi connectivity index (χ1v) is 6.96. The van der Waals surface area contributed by atoms with Gasteiger partial charge in [-0.2, -0.15) is 0 Å². The van der Waals surface area contributed by atoms with Crippen molar-refractivity contribution in [1.29, 1.82) is 0 Å². The molecular formula is C14H18Cl2O. The van der Waals surface area contributed by atoms with Gasteiger partial charge in [0.25, 0.3) is 0 Å². The first-order valence-electron chi connectivity index (χ1n) is 6.20. The Morgan fingerprint density at radius 2 is 1.59 bits per heavy atom. The lowest BCUT2D eigenvalue weighted by atomic mass is 9.78. The molecular weight excluding hydrogens is 255 g/mol. The van der Waals surface area contributed by atoms with Crippen LogP contribution in [0.2, 0.25) is 10.0 Å². The minimum atomic E-state index is -0.432. The van der Waals surface area contributed by atoms with E-state index in [2.05, 4.69) is 6.92 Å². The molecule has 1 aliphatic carbocycles. The summed E-state index contributed by atoms with van der Waals surface area (Å²) in [6.07, 6.45) is 4.16. The summed E-state index contributed by atoms with van der Waals surface area (Å²) in [6.45, 7) is 2.28. The average Bonchev–Trinajstić information content (AvgIpc) is 2.28. The van der Waals surface area contributed by atoms with E-state index in [0.29, 0.717) is 16.0 Å². The Labute approximate surface area is 113 Å². The van der Waals surface area contributed by atoms with E-state index in [1.165, 1.54) is 12.8 Å². The second kappa shape index (κ2) is 5.60. The van der Waals surface area contributed by atoms with Gasteiger partial charge < -0.3 is 5.11 Å². The van der Waals surface area contributed by atoms with Crippen molar-refractivity contribution in [2.24, 2.45) is 11.8 Å². The van der Waals surface area contributed by atoms with Crippen LogP contribution < -0.4 is 0 Å². The molecule has 1 N–H and O–H groups in total. The Hall–Kier alpha value is -0.240. The molecule has 1 nitrogen and oxygen atoms in total. The zero-order valence-electron chi connectivity index (χ0n) is 10.00. The van der Waals surface area contributed by atoms with Gasteiger partial charge in [-0.05, 0) is 48.4 Å². The van der Waals surface area contributed by atoms with Crippen molar-refractivity contribution in [2.75, 3.05) is 0 Å². The van der Waals surface area contributed by atoms with Gasteiger partial charge in [0.2, 0.25) is 0 Å². The highest BCUT2D eigenvalue weighted by Gasteiger charge is 2.25. The minimum Gasteiger partial charge on any atom is -0.388 e. The zero-order valence-corrected chi connectivity index (χ0v) is 11.5. The molecule has 1 aromatic carbocycles. The Kier molecular flexibility index (Phi) is 4.35. The van der Waals surface area contributed by atoms with E-state index in [1.807, 2.05) is 12.1 Å². The molecule has 3 heteroatoms. The molecule has 0 saturated heterocycles. The standard InChI is InChI=1S/C14H18Cl2O/c1-9-2-4-10(5-3-9)14(17)11-6-12(15)8-13(16)7-11/h6-10,14,17H,2-5H2,1H3. The van der Waals surface area contributed by atoms with Gasteiger partial charge >= 0.3 is 0 Å². The predicted octanol–water partition coefficient (Wildman–Crippen LogP) is 4.85. The van der Waals surface area contributed by atoms with Gasteiger partial charge in [0, 0.05) is 10.0 Å². The van der Waals surface area contributed by atoms with Gasteiger partial charge in [0.1, 0.15) is 0 Å². The second-order valence-corrected chi connectivity index (χ2v) is 6.04. The largest absolute Gasteiger partial charge is 0.388 e. The quantitative estimate of drug-likeness (QED) is 0.816. The van der Waals surface area contributed by atoms with Crippen LogP contribution in [-0.4, -0.2) is 5.11 Å². The molecule has 0 amide bonds.